The van der Waals surface area contributed by atoms with E-state index < -0.39 is 0 Å². The van der Waals surface area contributed by atoms with Crippen molar-refractivity contribution < 1.29 is 0 Å². The van der Waals surface area contributed by atoms with Gasteiger partial charge in [-0.05, 0) is 6.42 Å². The van der Waals surface area contributed by atoms with Gasteiger partial charge in [-0.2, -0.15) is 10.3 Å². The Labute approximate surface area is 77.5 Å². The van der Waals surface area contributed by atoms with Crippen LogP contribution in [0.25, 0.3) is 0 Å². The van der Waals surface area contributed by atoms with Crippen molar-refractivity contribution in [3.63, 3.8) is 0 Å². The summed E-state index contributed by atoms with van der Waals surface area (Å²) in [5, 5.41) is 14.3. The Kier molecular flexibility index (Phi) is 2.44. The van der Waals surface area contributed by atoms with Gasteiger partial charge in [0.15, 0.2) is 5.82 Å². The highest BCUT2D eigenvalue weighted by atomic mass is 15.4. The highest BCUT2D eigenvalue weighted by Crippen LogP contribution is 2.14. The highest BCUT2D eigenvalue weighted by Gasteiger charge is 2.16. The van der Waals surface area contributed by atoms with Gasteiger partial charge in [0, 0.05) is 26.2 Å². The fraction of sp³-hybridized carbons (Fsp3) is 0.750. The van der Waals surface area contributed by atoms with Crippen molar-refractivity contribution in [2.75, 3.05) is 31.1 Å². The highest BCUT2D eigenvalue weighted by molar-refractivity contribution is 5.42. The molecule has 0 bridgehead atoms. The number of piperazine rings is 1. The molecule has 0 aromatic carbocycles. The molecule has 5 heteroatoms. The van der Waals surface area contributed by atoms with E-state index in [-0.39, 0.29) is 0 Å². The van der Waals surface area contributed by atoms with Gasteiger partial charge >= 0.3 is 0 Å². The molecule has 0 unspecified atom stereocenters. The number of aromatic amines is 1. The number of aromatic nitrogens is 3. The quantitative estimate of drug-likeness (QED) is 0.662. The van der Waals surface area contributed by atoms with Gasteiger partial charge in [0.05, 0.1) is 0 Å². The van der Waals surface area contributed by atoms with E-state index in [1.165, 1.54) is 0 Å². The summed E-state index contributed by atoms with van der Waals surface area (Å²) < 4.78 is 0. The summed E-state index contributed by atoms with van der Waals surface area (Å²) in [5.74, 6) is 1.03. The second-order valence-electron chi connectivity index (χ2n) is 3.18. The Morgan fingerprint density at radius 3 is 2.77 bits per heavy atom. The van der Waals surface area contributed by atoms with E-state index >= 15 is 0 Å². The maximum Gasteiger partial charge on any atom is 0.174 e. The predicted molar refractivity (Wildman–Crippen MR) is 50.8 cm³/mol. The molecule has 0 saturated carbocycles. The monoisotopic (exact) mass is 181 g/mol. The normalized spacial score (nSPS) is 17.8. The largest absolute Gasteiger partial charge is 0.351 e. The number of nitrogens with zero attached hydrogens (tertiary/aromatic N) is 3. The van der Waals surface area contributed by atoms with Crippen molar-refractivity contribution >= 4 is 5.82 Å². The van der Waals surface area contributed by atoms with Crippen LogP contribution in [0, 0.1) is 0 Å². The molecule has 0 amide bonds. The van der Waals surface area contributed by atoms with Crippen LogP contribution in [-0.2, 0) is 6.42 Å². The zero-order valence-corrected chi connectivity index (χ0v) is 7.88. The first-order valence-electron chi connectivity index (χ1n) is 4.77. The first-order valence-corrected chi connectivity index (χ1v) is 4.77. The molecule has 72 valence electrons. The zero-order chi connectivity index (χ0) is 9.10. The number of hydrogen-bond donors (Lipinski definition) is 2. The molecule has 5 nitrogen and oxygen atoms in total. The number of anilines is 1. The minimum Gasteiger partial charge on any atom is -0.351 e. The zero-order valence-electron chi connectivity index (χ0n) is 7.88. The molecule has 2 rings (SSSR count). The fourth-order valence-corrected chi connectivity index (χ4v) is 1.61. The third kappa shape index (κ3) is 1.65. The summed E-state index contributed by atoms with van der Waals surface area (Å²) in [5.41, 5.74) is 1.07. The smallest absolute Gasteiger partial charge is 0.174 e. The first-order chi connectivity index (χ1) is 6.42. The molecule has 0 atom stereocenters. The summed E-state index contributed by atoms with van der Waals surface area (Å²) in [4.78, 5) is 2.28. The van der Waals surface area contributed by atoms with Crippen molar-refractivity contribution in [1.29, 1.82) is 0 Å². The Bertz CT molecular complexity index is 263. The number of hydrogen-bond acceptors (Lipinski definition) is 4. The van der Waals surface area contributed by atoms with Crippen LogP contribution < -0.4 is 10.2 Å². The molecule has 1 aliphatic rings. The minimum atomic E-state index is 0.940. The topological polar surface area (TPSA) is 56.8 Å². The van der Waals surface area contributed by atoms with Gasteiger partial charge in [0.1, 0.15) is 5.69 Å². The van der Waals surface area contributed by atoms with E-state index in [0.717, 1.165) is 44.1 Å². The van der Waals surface area contributed by atoms with E-state index in [0.29, 0.717) is 0 Å². The summed E-state index contributed by atoms with van der Waals surface area (Å²) in [6, 6.07) is 0. The van der Waals surface area contributed by atoms with Crippen molar-refractivity contribution in [3.8, 4) is 0 Å². The van der Waals surface area contributed by atoms with Gasteiger partial charge < -0.3 is 10.2 Å². The van der Waals surface area contributed by atoms with Gasteiger partial charge in [0.25, 0.3) is 0 Å². The van der Waals surface area contributed by atoms with Crippen molar-refractivity contribution in [3.05, 3.63) is 5.69 Å². The third-order valence-electron chi connectivity index (χ3n) is 2.35. The second kappa shape index (κ2) is 3.74. The lowest BCUT2D eigenvalue weighted by Gasteiger charge is -2.27. The van der Waals surface area contributed by atoms with Crippen LogP contribution in [-0.4, -0.2) is 41.6 Å². The van der Waals surface area contributed by atoms with Crippen molar-refractivity contribution in [2.24, 2.45) is 0 Å². The van der Waals surface area contributed by atoms with Gasteiger partial charge in [-0.1, -0.05) is 6.92 Å². The molecule has 1 aromatic heterocycles. The molecule has 1 aliphatic heterocycles. The Morgan fingerprint density at radius 1 is 1.31 bits per heavy atom. The molecule has 0 spiro atoms. The molecule has 0 aliphatic carbocycles. The Morgan fingerprint density at radius 2 is 2.08 bits per heavy atom. The van der Waals surface area contributed by atoms with E-state index in [1.54, 1.807) is 0 Å². The molecule has 2 N–H and O–H groups in total. The summed E-state index contributed by atoms with van der Waals surface area (Å²) in [7, 11) is 0. The Hall–Kier alpha value is -1.10. The van der Waals surface area contributed by atoms with Crippen LogP contribution in [0.5, 0.6) is 0 Å². The number of H-pyrrole nitrogens is 1. The maximum absolute atomic E-state index is 4.17. The SMILES string of the molecule is CCc1n[nH]nc1N1CCNCC1. The summed E-state index contributed by atoms with van der Waals surface area (Å²) >= 11 is 0. The van der Waals surface area contributed by atoms with Gasteiger partial charge in [-0.15, -0.1) is 5.10 Å². The first kappa shape index (κ1) is 8.50. The number of aryl methyl sites for hydroxylation is 1. The standard InChI is InChI=1S/C8H15N5/c1-2-7-8(11-12-10-7)13-5-3-9-4-6-13/h9H,2-6H2,1H3,(H,10,11,12). The van der Waals surface area contributed by atoms with Crippen LogP contribution in [0.15, 0.2) is 0 Å². The molecule has 0 radical (unpaired) electrons. The van der Waals surface area contributed by atoms with Crippen LogP contribution in [0.4, 0.5) is 5.82 Å². The van der Waals surface area contributed by atoms with Gasteiger partial charge in [-0.25, -0.2) is 0 Å². The number of nitrogens with one attached hydrogen (secondary N) is 2. The van der Waals surface area contributed by atoms with Gasteiger partial charge in [0.2, 0.25) is 0 Å². The minimum absolute atomic E-state index is 0.940. The maximum atomic E-state index is 4.17. The van der Waals surface area contributed by atoms with E-state index in [9.17, 15) is 0 Å². The number of rotatable bonds is 2. The lowest BCUT2D eigenvalue weighted by atomic mass is 10.3. The lowest BCUT2D eigenvalue weighted by molar-refractivity contribution is 0.583. The summed E-state index contributed by atoms with van der Waals surface area (Å²) in [6.45, 7) is 6.23. The van der Waals surface area contributed by atoms with E-state index in [1.807, 2.05) is 0 Å². The molecular formula is C8H15N5. The van der Waals surface area contributed by atoms with E-state index in [4.69, 9.17) is 0 Å². The third-order valence-corrected chi connectivity index (χ3v) is 2.35. The summed E-state index contributed by atoms with van der Waals surface area (Å²) in [6.07, 6.45) is 0.940. The average molecular weight is 181 g/mol. The van der Waals surface area contributed by atoms with Crippen molar-refractivity contribution in [2.45, 2.75) is 13.3 Å². The molecule has 2 heterocycles. The van der Waals surface area contributed by atoms with Crippen LogP contribution in [0.2, 0.25) is 0 Å². The predicted octanol–water partition coefficient (Wildman–Crippen LogP) is -0.223. The molecule has 1 fully saturated rings. The lowest BCUT2D eigenvalue weighted by Crippen LogP contribution is -2.44. The second-order valence-corrected chi connectivity index (χ2v) is 3.18. The van der Waals surface area contributed by atoms with Gasteiger partial charge in [-0.3, -0.25) is 0 Å². The van der Waals surface area contributed by atoms with Crippen LogP contribution >= 0.6 is 0 Å². The molecular weight excluding hydrogens is 166 g/mol. The Balaban J connectivity index is 2.13. The van der Waals surface area contributed by atoms with Crippen molar-refractivity contribution in [1.82, 2.24) is 20.7 Å². The molecule has 1 saturated heterocycles. The van der Waals surface area contributed by atoms with Crippen LogP contribution in [0.3, 0.4) is 0 Å². The van der Waals surface area contributed by atoms with E-state index in [2.05, 4.69) is 32.6 Å². The molecule has 1 aromatic rings. The van der Waals surface area contributed by atoms with Crippen LogP contribution in [0.1, 0.15) is 12.6 Å². The average Bonchev–Trinajstić information content (AvgIpc) is 2.67. The fourth-order valence-electron chi connectivity index (χ4n) is 1.61. The molecule has 13 heavy (non-hydrogen) atoms.